The van der Waals surface area contributed by atoms with Gasteiger partial charge in [-0.15, -0.1) is 0 Å². The fraction of sp³-hybridized carbons (Fsp3) is 0.105. The lowest BCUT2D eigenvalue weighted by molar-refractivity contribution is 0.102. The van der Waals surface area contributed by atoms with Crippen molar-refractivity contribution in [1.29, 1.82) is 0 Å². The molecule has 0 saturated carbocycles. The highest BCUT2D eigenvalue weighted by molar-refractivity contribution is 6.32. The number of aromatic nitrogens is 2. The number of ether oxygens (including phenoxy) is 1. The zero-order valence-electron chi connectivity index (χ0n) is 14.3. The molecule has 6 nitrogen and oxygen atoms in total. The molecule has 7 heteroatoms. The summed E-state index contributed by atoms with van der Waals surface area (Å²) in [5.41, 5.74) is 2.72. The van der Waals surface area contributed by atoms with Crippen molar-refractivity contribution in [3.8, 4) is 5.75 Å². The lowest BCUT2D eigenvalue weighted by atomic mass is 10.2. The number of carbonyl (C=O) groups is 1. The van der Waals surface area contributed by atoms with E-state index in [0.29, 0.717) is 22.4 Å². The molecule has 132 valence electrons. The highest BCUT2D eigenvalue weighted by Gasteiger charge is 2.11. The van der Waals surface area contributed by atoms with Crippen molar-refractivity contribution >= 4 is 34.8 Å². The SMILES string of the molecule is COc1ccc(NC(=O)c2ccnc(Nc3ccccc3C)n2)cc1Cl. The van der Waals surface area contributed by atoms with Crippen LogP contribution in [0.5, 0.6) is 5.75 Å². The van der Waals surface area contributed by atoms with Crippen molar-refractivity contribution in [3.63, 3.8) is 0 Å². The molecule has 0 fully saturated rings. The van der Waals surface area contributed by atoms with Gasteiger partial charge in [0.2, 0.25) is 5.95 Å². The van der Waals surface area contributed by atoms with Gasteiger partial charge >= 0.3 is 0 Å². The molecular weight excluding hydrogens is 352 g/mol. The second-order valence-corrected chi connectivity index (χ2v) is 5.92. The number of amides is 1. The molecule has 2 N–H and O–H groups in total. The van der Waals surface area contributed by atoms with Gasteiger partial charge in [-0.25, -0.2) is 9.97 Å². The van der Waals surface area contributed by atoms with Gasteiger partial charge in [0.1, 0.15) is 11.4 Å². The number of rotatable bonds is 5. The van der Waals surface area contributed by atoms with E-state index >= 15 is 0 Å². The smallest absolute Gasteiger partial charge is 0.274 e. The van der Waals surface area contributed by atoms with Crippen molar-refractivity contribution in [2.45, 2.75) is 6.92 Å². The quantitative estimate of drug-likeness (QED) is 0.696. The summed E-state index contributed by atoms with van der Waals surface area (Å²) in [6, 6.07) is 14.3. The molecule has 0 atom stereocenters. The number of hydrogen-bond acceptors (Lipinski definition) is 5. The topological polar surface area (TPSA) is 76.1 Å². The first-order chi connectivity index (χ1) is 12.6. The minimum atomic E-state index is -0.360. The standard InChI is InChI=1S/C19H17ClN4O2/c1-12-5-3-4-6-15(12)23-19-21-10-9-16(24-19)18(25)22-13-7-8-17(26-2)14(20)11-13/h3-11H,1-2H3,(H,22,25)(H,21,23,24). The summed E-state index contributed by atoms with van der Waals surface area (Å²) in [7, 11) is 1.53. The Morgan fingerprint density at radius 3 is 2.69 bits per heavy atom. The van der Waals surface area contributed by atoms with Crippen molar-refractivity contribution in [3.05, 3.63) is 71.0 Å². The average molecular weight is 369 g/mol. The first kappa shape index (κ1) is 17.7. The fourth-order valence-electron chi connectivity index (χ4n) is 2.32. The van der Waals surface area contributed by atoms with Crippen LogP contribution in [0.3, 0.4) is 0 Å². The predicted molar refractivity (Wildman–Crippen MR) is 102 cm³/mol. The van der Waals surface area contributed by atoms with Crippen molar-refractivity contribution in [2.75, 3.05) is 17.7 Å². The van der Waals surface area contributed by atoms with Crippen LogP contribution in [-0.2, 0) is 0 Å². The van der Waals surface area contributed by atoms with Crippen molar-refractivity contribution < 1.29 is 9.53 Å². The minimum absolute atomic E-state index is 0.239. The maximum atomic E-state index is 12.4. The first-order valence-electron chi connectivity index (χ1n) is 7.87. The van der Waals surface area contributed by atoms with Gasteiger partial charge in [0, 0.05) is 17.6 Å². The Morgan fingerprint density at radius 1 is 1.15 bits per heavy atom. The fourth-order valence-corrected chi connectivity index (χ4v) is 2.58. The first-order valence-corrected chi connectivity index (χ1v) is 8.25. The Labute approximate surface area is 156 Å². The van der Waals surface area contributed by atoms with Crippen LogP contribution in [0.25, 0.3) is 0 Å². The van der Waals surface area contributed by atoms with E-state index in [1.54, 1.807) is 24.3 Å². The zero-order valence-corrected chi connectivity index (χ0v) is 15.0. The van der Waals surface area contributed by atoms with E-state index in [0.717, 1.165) is 11.3 Å². The third-order valence-corrected chi connectivity index (χ3v) is 3.98. The zero-order chi connectivity index (χ0) is 18.5. The Morgan fingerprint density at radius 2 is 1.96 bits per heavy atom. The summed E-state index contributed by atoms with van der Waals surface area (Å²) in [6.07, 6.45) is 1.53. The maximum absolute atomic E-state index is 12.4. The van der Waals surface area contributed by atoms with Crippen molar-refractivity contribution in [2.24, 2.45) is 0 Å². The average Bonchev–Trinajstić information content (AvgIpc) is 2.64. The number of carbonyl (C=O) groups excluding carboxylic acids is 1. The van der Waals surface area contributed by atoms with Gasteiger partial charge in [-0.3, -0.25) is 4.79 Å². The Balaban J connectivity index is 1.76. The van der Waals surface area contributed by atoms with Gasteiger partial charge in [0.25, 0.3) is 5.91 Å². The summed E-state index contributed by atoms with van der Waals surface area (Å²) in [5.74, 6) is 0.526. The molecule has 1 heterocycles. The van der Waals surface area contributed by atoms with Crippen LogP contribution < -0.4 is 15.4 Å². The Bertz CT molecular complexity index is 946. The second kappa shape index (κ2) is 7.84. The molecule has 1 amide bonds. The van der Waals surface area contributed by atoms with Crippen LogP contribution in [0, 0.1) is 6.92 Å². The molecule has 0 spiro atoms. The molecule has 0 saturated heterocycles. The highest BCUT2D eigenvalue weighted by Crippen LogP contribution is 2.27. The van der Waals surface area contributed by atoms with E-state index in [9.17, 15) is 4.79 Å². The second-order valence-electron chi connectivity index (χ2n) is 5.51. The van der Waals surface area contributed by atoms with E-state index in [1.807, 2.05) is 31.2 Å². The van der Waals surface area contributed by atoms with Crippen LogP contribution in [0.4, 0.5) is 17.3 Å². The monoisotopic (exact) mass is 368 g/mol. The van der Waals surface area contributed by atoms with E-state index in [1.165, 1.54) is 13.3 Å². The lowest BCUT2D eigenvalue weighted by Gasteiger charge is -2.10. The Hall–Kier alpha value is -3.12. The molecule has 1 aromatic heterocycles. The number of benzene rings is 2. The van der Waals surface area contributed by atoms with Gasteiger partial charge in [-0.1, -0.05) is 29.8 Å². The predicted octanol–water partition coefficient (Wildman–Crippen LogP) is 4.44. The third kappa shape index (κ3) is 4.10. The maximum Gasteiger partial charge on any atom is 0.274 e. The summed E-state index contributed by atoms with van der Waals surface area (Å²) in [6.45, 7) is 1.98. The minimum Gasteiger partial charge on any atom is -0.495 e. The van der Waals surface area contributed by atoms with Crippen LogP contribution in [0.15, 0.2) is 54.7 Å². The summed E-state index contributed by atoms with van der Waals surface area (Å²) >= 11 is 6.08. The number of methoxy groups -OCH3 is 1. The summed E-state index contributed by atoms with van der Waals surface area (Å²) in [4.78, 5) is 20.9. The van der Waals surface area contributed by atoms with E-state index in [-0.39, 0.29) is 11.6 Å². The van der Waals surface area contributed by atoms with Crippen LogP contribution in [0.2, 0.25) is 5.02 Å². The summed E-state index contributed by atoms with van der Waals surface area (Å²) in [5, 5.41) is 6.28. The van der Waals surface area contributed by atoms with Crippen molar-refractivity contribution in [1.82, 2.24) is 9.97 Å². The number of hydrogen-bond donors (Lipinski definition) is 2. The molecule has 26 heavy (non-hydrogen) atoms. The number of nitrogens with one attached hydrogen (secondary N) is 2. The molecule has 0 aliphatic carbocycles. The number of anilines is 3. The largest absolute Gasteiger partial charge is 0.495 e. The normalized spacial score (nSPS) is 10.3. The van der Waals surface area contributed by atoms with E-state index in [4.69, 9.17) is 16.3 Å². The number of nitrogens with zero attached hydrogens (tertiary/aromatic N) is 2. The number of para-hydroxylation sites is 1. The van der Waals surface area contributed by atoms with E-state index < -0.39 is 0 Å². The molecule has 0 aliphatic heterocycles. The molecule has 3 aromatic rings. The van der Waals surface area contributed by atoms with Crippen LogP contribution >= 0.6 is 11.6 Å². The van der Waals surface area contributed by atoms with Gasteiger partial charge in [-0.2, -0.15) is 0 Å². The molecule has 3 rings (SSSR count). The third-order valence-electron chi connectivity index (χ3n) is 3.69. The van der Waals surface area contributed by atoms with Gasteiger partial charge in [-0.05, 0) is 42.8 Å². The summed E-state index contributed by atoms with van der Waals surface area (Å²) < 4.78 is 5.10. The number of halogens is 1. The molecular formula is C19H17ClN4O2. The molecule has 2 aromatic carbocycles. The molecule has 0 unspecified atom stereocenters. The van der Waals surface area contributed by atoms with Gasteiger partial charge < -0.3 is 15.4 Å². The molecule has 0 aliphatic rings. The molecule has 0 bridgehead atoms. The Kier molecular flexibility index (Phi) is 5.34. The number of aryl methyl sites for hydroxylation is 1. The molecule has 0 radical (unpaired) electrons. The van der Waals surface area contributed by atoms with E-state index in [2.05, 4.69) is 20.6 Å². The lowest BCUT2D eigenvalue weighted by Crippen LogP contribution is -2.14. The van der Waals surface area contributed by atoms with Gasteiger partial charge in [0.15, 0.2) is 0 Å². The van der Waals surface area contributed by atoms with Crippen LogP contribution in [-0.4, -0.2) is 23.0 Å². The highest BCUT2D eigenvalue weighted by atomic mass is 35.5. The van der Waals surface area contributed by atoms with Gasteiger partial charge in [0.05, 0.1) is 12.1 Å². The van der Waals surface area contributed by atoms with Crippen LogP contribution in [0.1, 0.15) is 16.1 Å².